The topological polar surface area (TPSA) is 48.1 Å². The van der Waals surface area contributed by atoms with Crippen LogP contribution in [0.1, 0.15) is 13.8 Å². The van der Waals surface area contributed by atoms with Gasteiger partial charge in [0.1, 0.15) is 6.10 Å². The minimum atomic E-state index is 0.0508. The minimum Gasteiger partial charge on any atom is -0.473 e. The summed E-state index contributed by atoms with van der Waals surface area (Å²) in [5.41, 5.74) is 5.57. The lowest BCUT2D eigenvalue weighted by Gasteiger charge is -2.19. The van der Waals surface area contributed by atoms with Gasteiger partial charge in [-0.25, -0.2) is 4.98 Å². The third-order valence-corrected chi connectivity index (χ3v) is 1.89. The molecular weight excluding hydrogens is 164 g/mol. The Bertz CT molecular complexity index is 236. The lowest BCUT2D eigenvalue weighted by Crippen LogP contribution is -2.31. The first-order chi connectivity index (χ1) is 6.24. The molecule has 13 heavy (non-hydrogen) atoms. The summed E-state index contributed by atoms with van der Waals surface area (Å²) in [5, 5.41) is 0. The van der Waals surface area contributed by atoms with E-state index in [-0.39, 0.29) is 6.10 Å². The highest BCUT2D eigenvalue weighted by Crippen LogP contribution is 2.11. The van der Waals surface area contributed by atoms with Crippen molar-refractivity contribution in [3.8, 4) is 5.88 Å². The molecule has 1 rings (SSSR count). The first kappa shape index (κ1) is 9.99. The largest absolute Gasteiger partial charge is 0.473 e. The average Bonchev–Trinajstić information content (AvgIpc) is 2.15. The molecule has 0 saturated carbocycles. The smallest absolute Gasteiger partial charge is 0.213 e. The van der Waals surface area contributed by atoms with Crippen LogP contribution in [-0.2, 0) is 0 Å². The molecule has 1 aromatic heterocycles. The second-order valence-corrected chi connectivity index (χ2v) is 3.30. The fraction of sp³-hybridized carbons (Fsp3) is 0.500. The Morgan fingerprint density at radius 2 is 2.23 bits per heavy atom. The summed E-state index contributed by atoms with van der Waals surface area (Å²) in [7, 11) is 0. The molecule has 3 heteroatoms. The molecule has 3 nitrogen and oxygen atoms in total. The molecule has 2 N–H and O–H groups in total. The fourth-order valence-corrected chi connectivity index (χ4v) is 1.03. The van der Waals surface area contributed by atoms with Gasteiger partial charge < -0.3 is 10.5 Å². The van der Waals surface area contributed by atoms with Crippen molar-refractivity contribution in [2.45, 2.75) is 20.0 Å². The second-order valence-electron chi connectivity index (χ2n) is 3.30. The molecule has 0 amide bonds. The number of hydrogen-bond donors (Lipinski definition) is 1. The van der Waals surface area contributed by atoms with Gasteiger partial charge in [-0.1, -0.05) is 19.9 Å². The van der Waals surface area contributed by atoms with E-state index in [0.29, 0.717) is 18.3 Å². The molecule has 72 valence electrons. The molecule has 1 aromatic rings. The van der Waals surface area contributed by atoms with Crippen molar-refractivity contribution in [2.75, 3.05) is 6.54 Å². The molecule has 0 aromatic carbocycles. The van der Waals surface area contributed by atoms with Gasteiger partial charge in [-0.15, -0.1) is 0 Å². The maximum Gasteiger partial charge on any atom is 0.213 e. The van der Waals surface area contributed by atoms with Crippen LogP contribution in [0.25, 0.3) is 0 Å². The van der Waals surface area contributed by atoms with E-state index in [1.165, 1.54) is 0 Å². The Morgan fingerprint density at radius 3 is 2.69 bits per heavy atom. The van der Waals surface area contributed by atoms with Gasteiger partial charge in [0, 0.05) is 18.8 Å². The number of ether oxygens (including phenoxy) is 1. The average molecular weight is 180 g/mol. The maximum atomic E-state index is 5.59. The number of aromatic nitrogens is 1. The van der Waals surface area contributed by atoms with Crippen molar-refractivity contribution in [3.05, 3.63) is 24.4 Å². The van der Waals surface area contributed by atoms with Gasteiger partial charge in [0.25, 0.3) is 0 Å². The van der Waals surface area contributed by atoms with Crippen LogP contribution >= 0.6 is 0 Å². The molecule has 0 bridgehead atoms. The monoisotopic (exact) mass is 180 g/mol. The van der Waals surface area contributed by atoms with Gasteiger partial charge in [-0.05, 0) is 12.0 Å². The predicted molar refractivity (Wildman–Crippen MR) is 52.5 cm³/mol. The zero-order valence-electron chi connectivity index (χ0n) is 8.10. The van der Waals surface area contributed by atoms with E-state index in [0.717, 1.165) is 0 Å². The number of hydrogen-bond acceptors (Lipinski definition) is 3. The number of nitrogens with two attached hydrogens (primary N) is 1. The lowest BCUT2D eigenvalue weighted by atomic mass is 10.1. The van der Waals surface area contributed by atoms with Crippen LogP contribution in [0.5, 0.6) is 5.88 Å². The number of pyridine rings is 1. The highest BCUT2D eigenvalue weighted by molar-refractivity contribution is 5.09. The van der Waals surface area contributed by atoms with Crippen LogP contribution in [0.15, 0.2) is 24.4 Å². The Morgan fingerprint density at radius 1 is 1.46 bits per heavy atom. The summed E-state index contributed by atoms with van der Waals surface area (Å²) in [6, 6.07) is 5.60. The van der Waals surface area contributed by atoms with E-state index in [1.54, 1.807) is 6.20 Å². The van der Waals surface area contributed by atoms with Gasteiger partial charge in [0.05, 0.1) is 0 Å². The summed E-state index contributed by atoms with van der Waals surface area (Å²) in [4.78, 5) is 4.07. The first-order valence-electron chi connectivity index (χ1n) is 4.51. The highest BCUT2D eigenvalue weighted by atomic mass is 16.5. The van der Waals surface area contributed by atoms with E-state index < -0.39 is 0 Å². The summed E-state index contributed by atoms with van der Waals surface area (Å²) < 4.78 is 5.59. The van der Waals surface area contributed by atoms with Crippen molar-refractivity contribution < 1.29 is 4.74 Å². The number of nitrogens with zero attached hydrogens (tertiary/aromatic N) is 1. The molecular formula is C10H16N2O. The zero-order valence-corrected chi connectivity index (χ0v) is 8.10. The van der Waals surface area contributed by atoms with Crippen molar-refractivity contribution >= 4 is 0 Å². The molecule has 0 fully saturated rings. The van der Waals surface area contributed by atoms with Gasteiger partial charge in [-0.2, -0.15) is 0 Å². The van der Waals surface area contributed by atoms with Crippen LogP contribution in [-0.4, -0.2) is 17.6 Å². The van der Waals surface area contributed by atoms with Crippen molar-refractivity contribution in [1.82, 2.24) is 4.98 Å². The van der Waals surface area contributed by atoms with Crippen LogP contribution in [0.2, 0.25) is 0 Å². The number of rotatable bonds is 4. The molecule has 1 atom stereocenters. The van der Waals surface area contributed by atoms with Crippen molar-refractivity contribution in [2.24, 2.45) is 11.7 Å². The molecule has 0 spiro atoms. The summed E-state index contributed by atoms with van der Waals surface area (Å²) >= 11 is 0. The van der Waals surface area contributed by atoms with E-state index in [1.807, 2.05) is 18.2 Å². The van der Waals surface area contributed by atoms with E-state index in [4.69, 9.17) is 10.5 Å². The van der Waals surface area contributed by atoms with Crippen molar-refractivity contribution in [1.29, 1.82) is 0 Å². The third-order valence-electron chi connectivity index (χ3n) is 1.89. The lowest BCUT2D eigenvalue weighted by molar-refractivity contribution is 0.152. The van der Waals surface area contributed by atoms with Crippen LogP contribution in [0.3, 0.4) is 0 Å². The SMILES string of the molecule is CC(C)C(CN)Oc1ccccn1. The molecule has 1 heterocycles. The Hall–Kier alpha value is -1.09. The second kappa shape index (κ2) is 4.82. The first-order valence-corrected chi connectivity index (χ1v) is 4.51. The Balaban J connectivity index is 2.57. The highest BCUT2D eigenvalue weighted by Gasteiger charge is 2.12. The van der Waals surface area contributed by atoms with Gasteiger partial charge >= 0.3 is 0 Å². The Labute approximate surface area is 78.9 Å². The van der Waals surface area contributed by atoms with Gasteiger partial charge in [-0.3, -0.25) is 0 Å². The minimum absolute atomic E-state index is 0.0508. The molecule has 0 aliphatic rings. The molecule has 0 aliphatic carbocycles. The molecule has 1 unspecified atom stereocenters. The standard InChI is InChI=1S/C10H16N2O/c1-8(2)9(7-11)13-10-5-3-4-6-12-10/h3-6,8-9H,7,11H2,1-2H3. The fourth-order valence-electron chi connectivity index (χ4n) is 1.03. The van der Waals surface area contributed by atoms with Crippen LogP contribution in [0, 0.1) is 5.92 Å². The van der Waals surface area contributed by atoms with E-state index in [9.17, 15) is 0 Å². The summed E-state index contributed by atoms with van der Waals surface area (Å²) in [5.74, 6) is 1.05. The predicted octanol–water partition coefficient (Wildman–Crippen LogP) is 1.44. The van der Waals surface area contributed by atoms with Crippen LogP contribution < -0.4 is 10.5 Å². The van der Waals surface area contributed by atoms with E-state index in [2.05, 4.69) is 18.8 Å². The van der Waals surface area contributed by atoms with Crippen LogP contribution in [0.4, 0.5) is 0 Å². The molecule has 0 saturated heterocycles. The maximum absolute atomic E-state index is 5.59. The van der Waals surface area contributed by atoms with E-state index >= 15 is 0 Å². The van der Waals surface area contributed by atoms with Crippen molar-refractivity contribution in [3.63, 3.8) is 0 Å². The molecule has 0 aliphatic heterocycles. The summed E-state index contributed by atoms with van der Waals surface area (Å²) in [6.07, 6.45) is 1.76. The van der Waals surface area contributed by atoms with Gasteiger partial charge in [0.2, 0.25) is 5.88 Å². The molecule has 0 radical (unpaired) electrons. The normalized spacial score (nSPS) is 12.9. The Kier molecular flexibility index (Phi) is 3.71. The zero-order chi connectivity index (χ0) is 9.68. The summed E-state index contributed by atoms with van der Waals surface area (Å²) in [6.45, 7) is 4.69. The third kappa shape index (κ3) is 3.03. The van der Waals surface area contributed by atoms with Gasteiger partial charge in [0.15, 0.2) is 0 Å². The quantitative estimate of drug-likeness (QED) is 0.762.